The smallest absolute Gasteiger partial charge is 0.332 e. The van der Waals surface area contributed by atoms with Crippen molar-refractivity contribution in [3.05, 3.63) is 63.1 Å². The van der Waals surface area contributed by atoms with Gasteiger partial charge in [0, 0.05) is 19.7 Å². The predicted octanol–water partition coefficient (Wildman–Crippen LogP) is 0.638. The zero-order valence-corrected chi connectivity index (χ0v) is 15.8. The van der Waals surface area contributed by atoms with Crippen LogP contribution in [0.25, 0.3) is 11.2 Å². The zero-order chi connectivity index (χ0) is 20.4. The van der Waals surface area contributed by atoms with Crippen LogP contribution in [0.15, 0.2) is 46.2 Å². The number of nitrogens with zero attached hydrogens (tertiary/aromatic N) is 4. The van der Waals surface area contributed by atoms with Gasteiger partial charge in [0.1, 0.15) is 12.5 Å². The van der Waals surface area contributed by atoms with Crippen molar-refractivity contribution in [2.75, 3.05) is 0 Å². The van der Waals surface area contributed by atoms with Crippen LogP contribution in [-0.2, 0) is 30.2 Å². The highest BCUT2D eigenvalue weighted by molar-refractivity contribution is 6.05. The van der Waals surface area contributed by atoms with Crippen LogP contribution in [0, 0.1) is 0 Å². The summed E-state index contributed by atoms with van der Waals surface area (Å²) in [6, 6.07) is 8.50. The second kappa shape index (κ2) is 7.63. The largest absolute Gasteiger partial charge is 0.460 e. The third kappa shape index (κ3) is 3.64. The summed E-state index contributed by atoms with van der Waals surface area (Å²) in [5, 5.41) is 0. The third-order valence-corrected chi connectivity index (χ3v) is 4.40. The number of ketones is 1. The molecule has 0 radical (unpaired) electrons. The molecule has 28 heavy (non-hydrogen) atoms. The number of carbonyl (C=O) groups is 2. The number of rotatable bonds is 6. The Balaban J connectivity index is 1.72. The van der Waals surface area contributed by atoms with Crippen molar-refractivity contribution in [2.24, 2.45) is 14.1 Å². The van der Waals surface area contributed by atoms with E-state index in [1.54, 1.807) is 37.3 Å². The van der Waals surface area contributed by atoms with Gasteiger partial charge >= 0.3 is 11.7 Å². The highest BCUT2D eigenvalue weighted by Gasteiger charge is 2.19. The van der Waals surface area contributed by atoms with Crippen LogP contribution in [0.2, 0.25) is 0 Å². The van der Waals surface area contributed by atoms with Crippen LogP contribution in [0.3, 0.4) is 0 Å². The summed E-state index contributed by atoms with van der Waals surface area (Å²) in [5.74, 6) is -0.971. The SMILES string of the molecule is CC(Cn1cnc2c1c(=O)n(C)c(=O)n2C)OC(=O)CC(=O)c1ccccc1. The van der Waals surface area contributed by atoms with Crippen molar-refractivity contribution < 1.29 is 14.3 Å². The molecular weight excluding hydrogens is 364 g/mol. The lowest BCUT2D eigenvalue weighted by Gasteiger charge is -2.14. The second-order valence-corrected chi connectivity index (χ2v) is 6.54. The van der Waals surface area contributed by atoms with Crippen molar-refractivity contribution in [3.63, 3.8) is 0 Å². The Bertz CT molecular complexity index is 1160. The molecule has 9 nitrogen and oxygen atoms in total. The number of imidazole rings is 1. The molecule has 9 heteroatoms. The minimum Gasteiger partial charge on any atom is -0.460 e. The van der Waals surface area contributed by atoms with Gasteiger partial charge in [0.2, 0.25) is 0 Å². The van der Waals surface area contributed by atoms with E-state index in [1.165, 1.54) is 29.6 Å². The van der Waals surface area contributed by atoms with Crippen molar-refractivity contribution in [1.82, 2.24) is 18.7 Å². The molecule has 0 bridgehead atoms. The van der Waals surface area contributed by atoms with E-state index in [0.29, 0.717) is 5.56 Å². The first-order valence-electron chi connectivity index (χ1n) is 8.68. The summed E-state index contributed by atoms with van der Waals surface area (Å²) in [4.78, 5) is 52.7. The average molecular weight is 384 g/mol. The molecule has 2 heterocycles. The molecule has 0 amide bonds. The first-order chi connectivity index (χ1) is 13.3. The fraction of sp³-hybridized carbons (Fsp3) is 0.316. The normalized spacial score (nSPS) is 12.1. The topological polar surface area (TPSA) is 105 Å². The van der Waals surface area contributed by atoms with Crippen LogP contribution >= 0.6 is 0 Å². The molecule has 146 valence electrons. The molecule has 0 spiro atoms. The molecule has 3 rings (SSSR count). The zero-order valence-electron chi connectivity index (χ0n) is 15.8. The Labute approximate surface area is 159 Å². The number of ether oxygens (including phenoxy) is 1. The van der Waals surface area contributed by atoms with Crippen molar-refractivity contribution >= 4 is 22.9 Å². The van der Waals surface area contributed by atoms with Gasteiger partial charge in [0.05, 0.1) is 12.9 Å². The molecule has 0 saturated heterocycles. The first kappa shape index (κ1) is 19.3. The molecule has 0 aliphatic heterocycles. The molecule has 2 aromatic heterocycles. The maximum atomic E-state index is 12.4. The van der Waals surface area contributed by atoms with Gasteiger partial charge in [-0.2, -0.15) is 0 Å². The van der Waals surface area contributed by atoms with Crippen LogP contribution in [0.1, 0.15) is 23.7 Å². The van der Waals surface area contributed by atoms with E-state index in [4.69, 9.17) is 4.74 Å². The molecule has 1 atom stereocenters. The molecule has 0 aliphatic carbocycles. The Morgan fingerprint density at radius 2 is 1.79 bits per heavy atom. The number of aromatic nitrogens is 4. The Morgan fingerprint density at radius 3 is 2.46 bits per heavy atom. The summed E-state index contributed by atoms with van der Waals surface area (Å²) in [7, 11) is 2.92. The number of hydrogen-bond acceptors (Lipinski definition) is 6. The van der Waals surface area contributed by atoms with Crippen LogP contribution in [0.5, 0.6) is 0 Å². The summed E-state index contributed by atoms with van der Waals surface area (Å²) in [6.07, 6.45) is 0.454. The van der Waals surface area contributed by atoms with Gasteiger partial charge < -0.3 is 9.30 Å². The van der Waals surface area contributed by atoms with E-state index in [-0.39, 0.29) is 29.9 Å². The second-order valence-electron chi connectivity index (χ2n) is 6.54. The lowest BCUT2D eigenvalue weighted by atomic mass is 10.1. The van der Waals surface area contributed by atoms with Gasteiger partial charge in [-0.05, 0) is 6.92 Å². The third-order valence-electron chi connectivity index (χ3n) is 4.40. The molecule has 0 fully saturated rings. The molecule has 1 aromatic carbocycles. The monoisotopic (exact) mass is 384 g/mol. The summed E-state index contributed by atoms with van der Waals surface area (Å²) in [5.41, 5.74) is -0.00843. The van der Waals surface area contributed by atoms with Crippen molar-refractivity contribution in [2.45, 2.75) is 26.0 Å². The van der Waals surface area contributed by atoms with Gasteiger partial charge in [-0.15, -0.1) is 0 Å². The fourth-order valence-electron chi connectivity index (χ4n) is 2.97. The highest BCUT2D eigenvalue weighted by Crippen LogP contribution is 2.09. The molecule has 3 aromatic rings. The molecule has 0 saturated carbocycles. The quantitative estimate of drug-likeness (QED) is 0.351. The number of fused-ring (bicyclic) bond motifs is 1. The van der Waals surface area contributed by atoms with Gasteiger partial charge in [-0.1, -0.05) is 30.3 Å². The Morgan fingerprint density at radius 1 is 1.11 bits per heavy atom. The number of benzene rings is 1. The van der Waals surface area contributed by atoms with Crippen LogP contribution in [0.4, 0.5) is 0 Å². The molecule has 0 N–H and O–H groups in total. The lowest BCUT2D eigenvalue weighted by Crippen LogP contribution is -2.37. The van der Waals surface area contributed by atoms with Gasteiger partial charge in [0.25, 0.3) is 5.56 Å². The molecule has 0 aliphatic rings. The van der Waals surface area contributed by atoms with Gasteiger partial charge in [-0.3, -0.25) is 23.5 Å². The van der Waals surface area contributed by atoms with Crippen LogP contribution in [-0.4, -0.2) is 36.5 Å². The van der Waals surface area contributed by atoms with E-state index < -0.39 is 23.3 Å². The summed E-state index contributed by atoms with van der Waals surface area (Å²) in [6.45, 7) is 1.82. The van der Waals surface area contributed by atoms with Gasteiger partial charge in [0.15, 0.2) is 16.9 Å². The Kier molecular flexibility index (Phi) is 5.25. The number of aryl methyl sites for hydroxylation is 1. The first-order valence-corrected chi connectivity index (χ1v) is 8.68. The summed E-state index contributed by atoms with van der Waals surface area (Å²) >= 11 is 0. The minimum atomic E-state index is -0.647. The standard InChI is InChI=1S/C19H20N4O5/c1-12(28-15(25)9-14(24)13-7-5-4-6-8-13)10-23-11-20-17-16(23)18(26)22(3)19(27)21(17)2/h4-8,11-12H,9-10H2,1-3H3. The van der Waals surface area contributed by atoms with E-state index in [1.807, 2.05) is 0 Å². The number of Topliss-reactive ketones (excluding diaryl/α,β-unsaturated/α-hetero) is 1. The lowest BCUT2D eigenvalue weighted by molar-refractivity contribution is -0.147. The maximum absolute atomic E-state index is 12.4. The average Bonchev–Trinajstić information content (AvgIpc) is 3.08. The van der Waals surface area contributed by atoms with E-state index >= 15 is 0 Å². The molecular formula is C19H20N4O5. The number of carbonyl (C=O) groups excluding carboxylic acids is 2. The number of esters is 1. The van der Waals surface area contributed by atoms with E-state index in [0.717, 1.165) is 4.57 Å². The van der Waals surface area contributed by atoms with E-state index in [2.05, 4.69) is 4.98 Å². The maximum Gasteiger partial charge on any atom is 0.332 e. The number of hydrogen-bond donors (Lipinski definition) is 0. The molecule has 1 unspecified atom stereocenters. The van der Waals surface area contributed by atoms with Crippen LogP contribution < -0.4 is 11.2 Å². The Hall–Kier alpha value is -3.49. The van der Waals surface area contributed by atoms with Gasteiger partial charge in [-0.25, -0.2) is 9.78 Å². The van der Waals surface area contributed by atoms with Crippen molar-refractivity contribution in [1.29, 1.82) is 0 Å². The highest BCUT2D eigenvalue weighted by atomic mass is 16.5. The fourth-order valence-corrected chi connectivity index (χ4v) is 2.97. The van der Waals surface area contributed by atoms with Crippen molar-refractivity contribution in [3.8, 4) is 0 Å². The predicted molar refractivity (Wildman–Crippen MR) is 101 cm³/mol. The summed E-state index contributed by atoms with van der Waals surface area (Å²) < 4.78 is 9.11. The minimum absolute atomic E-state index is 0.162. The van der Waals surface area contributed by atoms with E-state index in [9.17, 15) is 19.2 Å².